The van der Waals surface area contributed by atoms with Crippen molar-refractivity contribution in [1.82, 2.24) is 15.1 Å². The van der Waals surface area contributed by atoms with Crippen LogP contribution >= 0.6 is 0 Å². The molecule has 0 aliphatic carbocycles. The Morgan fingerprint density at radius 3 is 3.00 bits per heavy atom. The molecule has 1 rings (SSSR count). The van der Waals surface area contributed by atoms with Gasteiger partial charge in [0.05, 0.1) is 0 Å². The third-order valence-electron chi connectivity index (χ3n) is 1.78. The molecule has 0 saturated heterocycles. The molecule has 0 atom stereocenters. The average molecular weight is 181 g/mol. The quantitative estimate of drug-likeness (QED) is 0.534. The Hall–Kier alpha value is -1.16. The van der Waals surface area contributed by atoms with E-state index in [-0.39, 0.29) is 5.78 Å². The Labute approximate surface area is 77.9 Å². The number of hydrogen-bond acceptors (Lipinski definition) is 3. The minimum Gasteiger partial charge on any atom is -0.317 e. The number of carbonyl (C=O) groups excluding carboxylic acids is 1. The molecule has 1 N–H and O–H groups in total. The summed E-state index contributed by atoms with van der Waals surface area (Å²) in [5.74, 6) is 0.0987. The highest BCUT2D eigenvalue weighted by atomic mass is 16.1. The van der Waals surface area contributed by atoms with Crippen molar-refractivity contribution in [2.45, 2.75) is 13.3 Å². The Kier molecular flexibility index (Phi) is 3.64. The summed E-state index contributed by atoms with van der Waals surface area (Å²) in [5, 5.41) is 7.13. The minimum atomic E-state index is 0.0987. The monoisotopic (exact) mass is 181 g/mol. The van der Waals surface area contributed by atoms with Gasteiger partial charge in [-0.15, -0.1) is 0 Å². The number of rotatable bonds is 5. The van der Waals surface area contributed by atoms with Crippen LogP contribution in [0.5, 0.6) is 0 Å². The van der Waals surface area contributed by atoms with Crippen LogP contribution in [0.4, 0.5) is 0 Å². The van der Waals surface area contributed by atoms with Crippen LogP contribution in [0.3, 0.4) is 0 Å². The molecule has 1 aromatic rings. The van der Waals surface area contributed by atoms with Gasteiger partial charge in [0.2, 0.25) is 0 Å². The zero-order chi connectivity index (χ0) is 9.68. The average Bonchev–Trinajstić information content (AvgIpc) is 2.52. The first-order valence-electron chi connectivity index (χ1n) is 4.47. The summed E-state index contributed by atoms with van der Waals surface area (Å²) in [4.78, 5) is 11.4. The fourth-order valence-corrected chi connectivity index (χ4v) is 1.07. The van der Waals surface area contributed by atoms with Gasteiger partial charge in [0, 0.05) is 26.2 Å². The van der Waals surface area contributed by atoms with Crippen LogP contribution in [0, 0.1) is 0 Å². The van der Waals surface area contributed by atoms with Crippen molar-refractivity contribution in [2.24, 2.45) is 7.05 Å². The molecule has 0 radical (unpaired) electrons. The first kappa shape index (κ1) is 9.92. The summed E-state index contributed by atoms with van der Waals surface area (Å²) in [6.45, 7) is 3.65. The molecule has 0 unspecified atom stereocenters. The molecule has 1 aromatic heterocycles. The second kappa shape index (κ2) is 4.77. The summed E-state index contributed by atoms with van der Waals surface area (Å²) in [6.07, 6.45) is 2.30. The van der Waals surface area contributed by atoms with Crippen LogP contribution in [0.2, 0.25) is 0 Å². The lowest BCUT2D eigenvalue weighted by atomic mass is 10.2. The fourth-order valence-electron chi connectivity index (χ4n) is 1.07. The molecule has 0 aliphatic heterocycles. The summed E-state index contributed by atoms with van der Waals surface area (Å²) >= 11 is 0. The molecule has 0 saturated carbocycles. The van der Waals surface area contributed by atoms with Gasteiger partial charge < -0.3 is 5.32 Å². The second-order valence-corrected chi connectivity index (χ2v) is 2.90. The number of aromatic nitrogens is 2. The topological polar surface area (TPSA) is 46.9 Å². The van der Waals surface area contributed by atoms with Crippen molar-refractivity contribution in [3.63, 3.8) is 0 Å². The largest absolute Gasteiger partial charge is 0.317 e. The maximum absolute atomic E-state index is 11.4. The molecule has 0 fully saturated rings. The Morgan fingerprint density at radius 1 is 1.69 bits per heavy atom. The SMILES string of the molecule is CCNCCC(=O)c1ccn(C)n1. The van der Waals surface area contributed by atoms with Crippen LogP contribution in [0.1, 0.15) is 23.8 Å². The normalized spacial score (nSPS) is 10.3. The second-order valence-electron chi connectivity index (χ2n) is 2.90. The van der Waals surface area contributed by atoms with Gasteiger partial charge in [-0.2, -0.15) is 5.10 Å². The van der Waals surface area contributed by atoms with Crippen molar-refractivity contribution in [2.75, 3.05) is 13.1 Å². The first-order valence-corrected chi connectivity index (χ1v) is 4.47. The van der Waals surface area contributed by atoms with Crippen molar-refractivity contribution in [3.8, 4) is 0 Å². The van der Waals surface area contributed by atoms with E-state index in [1.54, 1.807) is 24.0 Å². The number of hydrogen-bond donors (Lipinski definition) is 1. The van der Waals surface area contributed by atoms with E-state index in [2.05, 4.69) is 10.4 Å². The molecule has 0 spiro atoms. The lowest BCUT2D eigenvalue weighted by molar-refractivity contribution is 0.0977. The van der Waals surface area contributed by atoms with Crippen molar-refractivity contribution in [1.29, 1.82) is 0 Å². The third-order valence-corrected chi connectivity index (χ3v) is 1.78. The number of aryl methyl sites for hydroxylation is 1. The first-order chi connectivity index (χ1) is 6.24. The van der Waals surface area contributed by atoms with E-state index in [4.69, 9.17) is 0 Å². The fraction of sp³-hybridized carbons (Fsp3) is 0.556. The van der Waals surface area contributed by atoms with Gasteiger partial charge >= 0.3 is 0 Å². The Balaban J connectivity index is 2.40. The minimum absolute atomic E-state index is 0.0987. The van der Waals surface area contributed by atoms with E-state index >= 15 is 0 Å². The molecule has 13 heavy (non-hydrogen) atoms. The molecular formula is C9H15N3O. The number of Topliss-reactive ketones (excluding diaryl/α,β-unsaturated/α-hetero) is 1. The van der Waals surface area contributed by atoms with Gasteiger partial charge in [-0.3, -0.25) is 9.48 Å². The number of ketones is 1. The van der Waals surface area contributed by atoms with Gasteiger partial charge in [0.25, 0.3) is 0 Å². The molecule has 0 aromatic carbocycles. The zero-order valence-electron chi connectivity index (χ0n) is 8.08. The predicted octanol–water partition coefficient (Wildman–Crippen LogP) is 0.602. The number of carbonyl (C=O) groups is 1. The molecule has 1 heterocycles. The lowest BCUT2D eigenvalue weighted by Crippen LogP contribution is -2.17. The number of nitrogens with one attached hydrogen (secondary N) is 1. The molecule has 0 bridgehead atoms. The molecule has 0 aliphatic rings. The van der Waals surface area contributed by atoms with Gasteiger partial charge in [0.15, 0.2) is 5.78 Å². The van der Waals surface area contributed by atoms with Crippen molar-refractivity contribution < 1.29 is 4.79 Å². The molecule has 4 nitrogen and oxygen atoms in total. The summed E-state index contributed by atoms with van der Waals surface area (Å²) < 4.78 is 1.64. The predicted molar refractivity (Wildman–Crippen MR) is 50.7 cm³/mol. The van der Waals surface area contributed by atoms with Crippen LogP contribution in [0.25, 0.3) is 0 Å². The van der Waals surface area contributed by atoms with Gasteiger partial charge in [0.1, 0.15) is 5.69 Å². The highest BCUT2D eigenvalue weighted by molar-refractivity contribution is 5.94. The van der Waals surface area contributed by atoms with E-state index < -0.39 is 0 Å². The van der Waals surface area contributed by atoms with E-state index in [9.17, 15) is 4.79 Å². The Morgan fingerprint density at radius 2 is 2.46 bits per heavy atom. The molecule has 0 amide bonds. The maximum Gasteiger partial charge on any atom is 0.184 e. The van der Waals surface area contributed by atoms with Crippen LogP contribution in [0.15, 0.2) is 12.3 Å². The smallest absolute Gasteiger partial charge is 0.184 e. The van der Waals surface area contributed by atoms with E-state index in [0.717, 1.165) is 13.1 Å². The van der Waals surface area contributed by atoms with Gasteiger partial charge in [-0.1, -0.05) is 6.92 Å². The third kappa shape index (κ3) is 2.99. The van der Waals surface area contributed by atoms with E-state index in [0.29, 0.717) is 12.1 Å². The van der Waals surface area contributed by atoms with Crippen molar-refractivity contribution >= 4 is 5.78 Å². The lowest BCUT2D eigenvalue weighted by Gasteiger charge is -1.98. The van der Waals surface area contributed by atoms with Crippen LogP contribution < -0.4 is 5.32 Å². The van der Waals surface area contributed by atoms with E-state index in [1.165, 1.54) is 0 Å². The van der Waals surface area contributed by atoms with Gasteiger partial charge in [-0.05, 0) is 12.6 Å². The van der Waals surface area contributed by atoms with Crippen LogP contribution in [-0.4, -0.2) is 28.7 Å². The van der Waals surface area contributed by atoms with Gasteiger partial charge in [-0.25, -0.2) is 0 Å². The molecule has 4 heteroatoms. The zero-order valence-corrected chi connectivity index (χ0v) is 8.08. The summed E-state index contributed by atoms with van der Waals surface area (Å²) in [7, 11) is 1.81. The number of nitrogens with zero attached hydrogens (tertiary/aromatic N) is 2. The Bertz CT molecular complexity index is 280. The van der Waals surface area contributed by atoms with Crippen LogP contribution in [-0.2, 0) is 7.05 Å². The molecule has 72 valence electrons. The maximum atomic E-state index is 11.4. The standard InChI is InChI=1S/C9H15N3O/c1-3-10-6-4-9(13)8-5-7-12(2)11-8/h5,7,10H,3-4,6H2,1-2H3. The summed E-state index contributed by atoms with van der Waals surface area (Å²) in [6, 6.07) is 1.74. The molecular weight excluding hydrogens is 166 g/mol. The summed E-state index contributed by atoms with van der Waals surface area (Å²) in [5.41, 5.74) is 0.556. The van der Waals surface area contributed by atoms with Crippen molar-refractivity contribution in [3.05, 3.63) is 18.0 Å². The highest BCUT2D eigenvalue weighted by Gasteiger charge is 2.07. The van der Waals surface area contributed by atoms with E-state index in [1.807, 2.05) is 6.92 Å². The highest BCUT2D eigenvalue weighted by Crippen LogP contribution is 1.98.